The minimum absolute atomic E-state index is 0.0653. The monoisotopic (exact) mass is 286 g/mol. The van der Waals surface area contributed by atoms with Crippen molar-refractivity contribution in [2.24, 2.45) is 5.92 Å². The molecule has 110 valence electrons. The van der Waals surface area contributed by atoms with Crippen LogP contribution in [0.15, 0.2) is 0 Å². The molecule has 0 radical (unpaired) electrons. The Balaban J connectivity index is 1.64. The van der Waals surface area contributed by atoms with Crippen molar-refractivity contribution in [3.63, 3.8) is 0 Å². The topological polar surface area (TPSA) is 61.4 Å². The minimum atomic E-state index is -0.235. The lowest BCUT2D eigenvalue weighted by Crippen LogP contribution is -2.44. The van der Waals surface area contributed by atoms with Gasteiger partial charge in [0.25, 0.3) is 0 Å². The van der Waals surface area contributed by atoms with Gasteiger partial charge in [-0.25, -0.2) is 4.79 Å². The summed E-state index contributed by atoms with van der Waals surface area (Å²) in [5.74, 6) is 0.238. The number of nitrogens with one attached hydrogen (secondary N) is 2. The molecule has 19 heavy (non-hydrogen) atoms. The number of urea groups is 1. The number of carbonyl (C=O) groups excluding carboxylic acids is 1. The van der Waals surface area contributed by atoms with E-state index in [1.807, 2.05) is 11.8 Å². The summed E-state index contributed by atoms with van der Waals surface area (Å²) in [5.41, 5.74) is 0. The molecule has 0 aromatic rings. The Labute approximate surface area is 120 Å². The Morgan fingerprint density at radius 3 is 2.74 bits per heavy atom. The first-order valence-corrected chi connectivity index (χ1v) is 8.73. The molecule has 0 bridgehead atoms. The third-order valence-corrected chi connectivity index (χ3v) is 5.54. The largest absolute Gasteiger partial charge is 0.393 e. The smallest absolute Gasteiger partial charge is 0.315 e. The Kier molecular flexibility index (Phi) is 5.82. The molecular formula is C14H26N2O2S. The highest BCUT2D eigenvalue weighted by Gasteiger charge is 2.26. The molecule has 0 heterocycles. The highest BCUT2D eigenvalue weighted by atomic mass is 32.2. The number of thioether (sulfide) groups is 1. The van der Waals surface area contributed by atoms with E-state index in [1.54, 1.807) is 0 Å². The third-order valence-electron chi connectivity index (χ3n) is 4.45. The van der Waals surface area contributed by atoms with Gasteiger partial charge in [0.1, 0.15) is 0 Å². The summed E-state index contributed by atoms with van der Waals surface area (Å²) in [6.07, 6.45) is 9.47. The fourth-order valence-electron chi connectivity index (χ4n) is 3.17. The van der Waals surface area contributed by atoms with E-state index in [-0.39, 0.29) is 18.1 Å². The van der Waals surface area contributed by atoms with Crippen LogP contribution in [0.2, 0.25) is 0 Å². The molecule has 2 aliphatic rings. The van der Waals surface area contributed by atoms with Crippen LogP contribution < -0.4 is 10.6 Å². The lowest BCUT2D eigenvalue weighted by molar-refractivity contribution is 0.0708. The molecule has 2 amide bonds. The van der Waals surface area contributed by atoms with Gasteiger partial charge in [0, 0.05) is 23.8 Å². The molecule has 2 saturated carbocycles. The van der Waals surface area contributed by atoms with E-state index in [1.165, 1.54) is 12.8 Å². The van der Waals surface area contributed by atoms with Crippen LogP contribution in [-0.2, 0) is 0 Å². The Morgan fingerprint density at radius 2 is 2.05 bits per heavy atom. The summed E-state index contributed by atoms with van der Waals surface area (Å²) in [6.45, 7) is 0.603. The van der Waals surface area contributed by atoms with E-state index < -0.39 is 0 Å². The van der Waals surface area contributed by atoms with Crippen LogP contribution in [-0.4, -0.2) is 41.3 Å². The standard InChI is InChI=1S/C14H26N2O2S/c1-19-12-7-6-11(8-12)16-14(18)15-9-10-4-2-3-5-13(10)17/h10-13,17H,2-9H2,1H3,(H2,15,16,18). The van der Waals surface area contributed by atoms with E-state index in [2.05, 4.69) is 16.9 Å². The molecule has 0 spiro atoms. The number of carbonyl (C=O) groups is 1. The number of amides is 2. The average Bonchev–Trinajstić information content (AvgIpc) is 2.85. The number of hydrogen-bond donors (Lipinski definition) is 3. The van der Waals surface area contributed by atoms with Gasteiger partial charge in [-0.05, 0) is 38.4 Å². The normalized spacial score (nSPS) is 35.1. The van der Waals surface area contributed by atoms with Gasteiger partial charge < -0.3 is 15.7 Å². The van der Waals surface area contributed by atoms with Gasteiger partial charge in [0.2, 0.25) is 0 Å². The highest BCUT2D eigenvalue weighted by molar-refractivity contribution is 7.99. The van der Waals surface area contributed by atoms with Gasteiger partial charge in [0.05, 0.1) is 6.10 Å². The fraction of sp³-hybridized carbons (Fsp3) is 0.929. The molecule has 4 atom stereocenters. The molecule has 0 aliphatic heterocycles. The molecular weight excluding hydrogens is 260 g/mol. The first kappa shape index (κ1) is 15.0. The molecule has 2 fully saturated rings. The molecule has 3 N–H and O–H groups in total. The molecule has 2 rings (SSSR count). The van der Waals surface area contributed by atoms with E-state index >= 15 is 0 Å². The molecule has 2 aliphatic carbocycles. The third kappa shape index (κ3) is 4.56. The SMILES string of the molecule is CSC1CCC(NC(=O)NCC2CCCCC2O)C1. The maximum atomic E-state index is 11.8. The van der Waals surface area contributed by atoms with E-state index in [4.69, 9.17) is 0 Å². The van der Waals surface area contributed by atoms with Gasteiger partial charge in [0.15, 0.2) is 0 Å². The predicted octanol–water partition coefficient (Wildman–Crippen LogP) is 2.12. The molecule has 0 aromatic heterocycles. The van der Waals surface area contributed by atoms with Gasteiger partial charge in [-0.3, -0.25) is 0 Å². The van der Waals surface area contributed by atoms with Crippen molar-refractivity contribution >= 4 is 17.8 Å². The Morgan fingerprint density at radius 1 is 1.26 bits per heavy atom. The van der Waals surface area contributed by atoms with Crippen LogP contribution in [0.1, 0.15) is 44.9 Å². The lowest BCUT2D eigenvalue weighted by Gasteiger charge is -2.27. The molecule has 4 nitrogen and oxygen atoms in total. The van der Waals surface area contributed by atoms with Crippen LogP contribution >= 0.6 is 11.8 Å². The van der Waals surface area contributed by atoms with Crippen molar-refractivity contribution in [2.45, 2.75) is 62.3 Å². The van der Waals surface area contributed by atoms with Crippen molar-refractivity contribution in [1.82, 2.24) is 10.6 Å². The van der Waals surface area contributed by atoms with Gasteiger partial charge in [-0.2, -0.15) is 11.8 Å². The van der Waals surface area contributed by atoms with Gasteiger partial charge in [-0.15, -0.1) is 0 Å². The highest BCUT2D eigenvalue weighted by Crippen LogP contribution is 2.28. The van der Waals surface area contributed by atoms with Crippen LogP contribution in [0.25, 0.3) is 0 Å². The predicted molar refractivity (Wildman–Crippen MR) is 79.4 cm³/mol. The first-order valence-electron chi connectivity index (χ1n) is 7.44. The summed E-state index contributed by atoms with van der Waals surface area (Å²) < 4.78 is 0. The van der Waals surface area contributed by atoms with Crippen LogP contribution in [0, 0.1) is 5.92 Å². The molecule has 0 aromatic carbocycles. The zero-order valence-corrected chi connectivity index (χ0v) is 12.5. The van der Waals surface area contributed by atoms with Crippen LogP contribution in [0.5, 0.6) is 0 Å². The second kappa shape index (κ2) is 7.39. The van der Waals surface area contributed by atoms with Crippen molar-refractivity contribution in [2.75, 3.05) is 12.8 Å². The first-order chi connectivity index (χ1) is 9.19. The second-order valence-electron chi connectivity index (χ2n) is 5.83. The number of rotatable bonds is 4. The van der Waals surface area contributed by atoms with Crippen molar-refractivity contribution < 1.29 is 9.90 Å². The summed E-state index contributed by atoms with van der Waals surface area (Å²) in [5, 5.41) is 16.5. The number of aliphatic hydroxyl groups is 1. The Hall–Kier alpha value is -0.420. The van der Waals surface area contributed by atoms with E-state index in [0.29, 0.717) is 17.8 Å². The van der Waals surface area contributed by atoms with Crippen molar-refractivity contribution in [1.29, 1.82) is 0 Å². The zero-order valence-electron chi connectivity index (χ0n) is 11.7. The molecule has 0 saturated heterocycles. The molecule has 5 heteroatoms. The average molecular weight is 286 g/mol. The maximum absolute atomic E-state index is 11.8. The van der Waals surface area contributed by atoms with Gasteiger partial charge in [-0.1, -0.05) is 12.8 Å². The van der Waals surface area contributed by atoms with Crippen LogP contribution in [0.3, 0.4) is 0 Å². The quantitative estimate of drug-likeness (QED) is 0.742. The van der Waals surface area contributed by atoms with Crippen LogP contribution in [0.4, 0.5) is 4.79 Å². The number of hydrogen-bond acceptors (Lipinski definition) is 3. The second-order valence-corrected chi connectivity index (χ2v) is 6.97. The summed E-state index contributed by atoms with van der Waals surface area (Å²) in [7, 11) is 0. The summed E-state index contributed by atoms with van der Waals surface area (Å²) in [6, 6.07) is 0.262. The zero-order chi connectivity index (χ0) is 13.7. The minimum Gasteiger partial charge on any atom is -0.393 e. The number of aliphatic hydroxyl groups excluding tert-OH is 1. The fourth-order valence-corrected chi connectivity index (χ4v) is 3.97. The summed E-state index contributed by atoms with van der Waals surface area (Å²) >= 11 is 1.89. The van der Waals surface area contributed by atoms with Crippen molar-refractivity contribution in [3.05, 3.63) is 0 Å². The van der Waals surface area contributed by atoms with Gasteiger partial charge >= 0.3 is 6.03 Å². The van der Waals surface area contributed by atoms with E-state index in [9.17, 15) is 9.90 Å². The Bertz CT molecular complexity index is 301. The van der Waals surface area contributed by atoms with E-state index in [0.717, 1.165) is 32.1 Å². The lowest BCUT2D eigenvalue weighted by atomic mass is 9.86. The maximum Gasteiger partial charge on any atom is 0.315 e. The molecule has 4 unspecified atom stereocenters. The van der Waals surface area contributed by atoms with Crippen molar-refractivity contribution in [3.8, 4) is 0 Å². The summed E-state index contributed by atoms with van der Waals surface area (Å²) in [4.78, 5) is 11.8.